The zero-order valence-electron chi connectivity index (χ0n) is 13.7. The van der Waals surface area contributed by atoms with E-state index in [9.17, 15) is 4.79 Å². The highest BCUT2D eigenvalue weighted by atomic mass is 16.1. The molecule has 0 amide bonds. The van der Waals surface area contributed by atoms with Crippen molar-refractivity contribution < 1.29 is 4.79 Å². The monoisotopic (exact) mass is 289 g/mol. The third-order valence-corrected chi connectivity index (χ3v) is 3.04. The Labute approximate surface area is 127 Å². The highest BCUT2D eigenvalue weighted by molar-refractivity contribution is 6.05. The van der Waals surface area contributed by atoms with Crippen LogP contribution in [0, 0.1) is 13.8 Å². The van der Waals surface area contributed by atoms with Gasteiger partial charge >= 0.3 is 0 Å². The first-order valence-electron chi connectivity index (χ1n) is 7.28. The van der Waals surface area contributed by atoms with Crippen LogP contribution in [-0.2, 0) is 0 Å². The number of nitrogens with one attached hydrogen (secondary N) is 2. The second-order valence-corrected chi connectivity index (χ2v) is 6.31. The Hall–Kier alpha value is -1.81. The number of carbonyl (C=O) groups excluding carboxylic acids is 1. The molecule has 1 rings (SSSR count). The van der Waals surface area contributed by atoms with Crippen molar-refractivity contribution in [2.75, 3.05) is 13.1 Å². The summed E-state index contributed by atoms with van der Waals surface area (Å²) in [5.41, 5.74) is 8.39. The van der Waals surface area contributed by atoms with E-state index in [1.807, 2.05) is 52.8 Å². The second kappa shape index (κ2) is 7.27. The number of carbonyl (C=O) groups is 1. The van der Waals surface area contributed by atoms with Crippen molar-refractivity contribution in [2.24, 2.45) is 5.73 Å². The summed E-state index contributed by atoms with van der Waals surface area (Å²) < 4.78 is 0. The summed E-state index contributed by atoms with van der Waals surface area (Å²) in [4.78, 5) is 12.4. The molecule has 0 fully saturated rings. The maximum Gasteiger partial charge on any atom is 0.189 e. The van der Waals surface area contributed by atoms with Crippen LogP contribution in [0.25, 0.3) is 0 Å². The average Bonchev–Trinajstić information content (AvgIpc) is 2.37. The van der Waals surface area contributed by atoms with Crippen LogP contribution < -0.4 is 16.4 Å². The highest BCUT2D eigenvalue weighted by Gasteiger charge is 2.13. The summed E-state index contributed by atoms with van der Waals surface area (Å²) in [7, 11) is 0. The molecule has 0 saturated carbocycles. The van der Waals surface area contributed by atoms with Crippen LogP contribution in [0.2, 0.25) is 0 Å². The topological polar surface area (TPSA) is 67.2 Å². The van der Waals surface area contributed by atoms with E-state index in [1.165, 1.54) is 5.56 Å². The Morgan fingerprint density at radius 2 is 1.90 bits per heavy atom. The van der Waals surface area contributed by atoms with Crippen molar-refractivity contribution in [3.8, 4) is 0 Å². The largest absolute Gasteiger partial charge is 0.371 e. The van der Waals surface area contributed by atoms with Gasteiger partial charge in [-0.15, -0.1) is 0 Å². The predicted octanol–water partition coefficient (Wildman–Crippen LogP) is 2.26. The molecule has 0 aliphatic rings. The van der Waals surface area contributed by atoms with Crippen molar-refractivity contribution in [3.05, 3.63) is 46.8 Å². The van der Waals surface area contributed by atoms with Crippen molar-refractivity contribution in [1.29, 1.82) is 0 Å². The molecule has 0 unspecified atom stereocenters. The lowest BCUT2D eigenvalue weighted by molar-refractivity contribution is 0.104. The predicted molar refractivity (Wildman–Crippen MR) is 88.3 cm³/mol. The van der Waals surface area contributed by atoms with E-state index in [0.717, 1.165) is 5.56 Å². The molecule has 0 aromatic heterocycles. The number of ketones is 1. The molecule has 1 aromatic carbocycles. The zero-order chi connectivity index (χ0) is 16.0. The molecular formula is C17H27N3O. The van der Waals surface area contributed by atoms with Gasteiger partial charge in [-0.05, 0) is 51.8 Å². The van der Waals surface area contributed by atoms with Crippen LogP contribution in [0.1, 0.15) is 42.3 Å². The summed E-state index contributed by atoms with van der Waals surface area (Å²) in [6.07, 6.45) is 1.60. The molecule has 4 N–H and O–H groups in total. The fraction of sp³-hybridized carbons (Fsp3) is 0.471. The van der Waals surface area contributed by atoms with Gasteiger partial charge in [0.05, 0.1) is 0 Å². The van der Waals surface area contributed by atoms with Crippen LogP contribution in [0.15, 0.2) is 30.1 Å². The van der Waals surface area contributed by atoms with E-state index in [2.05, 4.69) is 10.6 Å². The fourth-order valence-corrected chi connectivity index (χ4v) is 1.85. The Balaban J connectivity index is 2.96. The summed E-state index contributed by atoms with van der Waals surface area (Å²) in [6, 6.07) is 5.76. The summed E-state index contributed by atoms with van der Waals surface area (Å²) in [5.74, 6) is 0.686. The first kappa shape index (κ1) is 17.2. The van der Waals surface area contributed by atoms with Gasteiger partial charge in [0.1, 0.15) is 5.82 Å². The van der Waals surface area contributed by atoms with E-state index < -0.39 is 0 Å². The van der Waals surface area contributed by atoms with E-state index in [1.54, 1.807) is 6.08 Å². The van der Waals surface area contributed by atoms with Crippen LogP contribution in [0.5, 0.6) is 0 Å². The zero-order valence-corrected chi connectivity index (χ0v) is 13.7. The lowest BCUT2D eigenvalue weighted by Gasteiger charge is -2.25. The van der Waals surface area contributed by atoms with Gasteiger partial charge in [0.25, 0.3) is 0 Å². The van der Waals surface area contributed by atoms with E-state index in [-0.39, 0.29) is 11.3 Å². The van der Waals surface area contributed by atoms with Gasteiger partial charge in [0.15, 0.2) is 5.78 Å². The number of hydrogen-bond acceptors (Lipinski definition) is 4. The van der Waals surface area contributed by atoms with Crippen molar-refractivity contribution >= 4 is 5.78 Å². The van der Waals surface area contributed by atoms with Crippen molar-refractivity contribution in [1.82, 2.24) is 10.6 Å². The SMILES string of the molecule is Cc1ccc(C(=O)C=C(NCCN)NC(C)(C)C)cc1C. The molecule has 0 saturated heterocycles. The quantitative estimate of drug-likeness (QED) is 0.555. The molecular weight excluding hydrogens is 262 g/mol. The van der Waals surface area contributed by atoms with Crippen LogP contribution in [-0.4, -0.2) is 24.4 Å². The average molecular weight is 289 g/mol. The Kier molecular flexibility index (Phi) is 5.97. The van der Waals surface area contributed by atoms with Crippen LogP contribution >= 0.6 is 0 Å². The van der Waals surface area contributed by atoms with Gasteiger partial charge in [-0.3, -0.25) is 4.79 Å². The molecule has 0 heterocycles. The van der Waals surface area contributed by atoms with Crippen molar-refractivity contribution in [3.63, 3.8) is 0 Å². The highest BCUT2D eigenvalue weighted by Crippen LogP contribution is 2.11. The Morgan fingerprint density at radius 1 is 1.24 bits per heavy atom. The molecule has 0 atom stereocenters. The standard InChI is InChI=1S/C17H27N3O/c1-12-6-7-14(10-13(12)2)15(21)11-16(19-9-8-18)20-17(3,4)5/h6-7,10-11,19-20H,8-9,18H2,1-5H3. The fourth-order valence-electron chi connectivity index (χ4n) is 1.85. The molecule has 21 heavy (non-hydrogen) atoms. The Morgan fingerprint density at radius 3 is 2.43 bits per heavy atom. The first-order valence-corrected chi connectivity index (χ1v) is 7.28. The third kappa shape index (κ3) is 6.00. The lowest BCUT2D eigenvalue weighted by Crippen LogP contribution is -2.41. The normalized spacial score (nSPS) is 12.2. The molecule has 4 heteroatoms. The van der Waals surface area contributed by atoms with E-state index in [0.29, 0.717) is 24.5 Å². The molecule has 116 valence electrons. The number of hydrogen-bond donors (Lipinski definition) is 3. The molecule has 4 nitrogen and oxygen atoms in total. The maximum absolute atomic E-state index is 12.4. The van der Waals surface area contributed by atoms with Gasteiger partial charge in [0, 0.05) is 30.3 Å². The van der Waals surface area contributed by atoms with Gasteiger partial charge in [-0.2, -0.15) is 0 Å². The second-order valence-electron chi connectivity index (χ2n) is 6.31. The lowest BCUT2D eigenvalue weighted by atomic mass is 10.0. The van der Waals surface area contributed by atoms with Crippen LogP contribution in [0.3, 0.4) is 0 Å². The molecule has 1 aromatic rings. The number of allylic oxidation sites excluding steroid dienone is 1. The van der Waals surface area contributed by atoms with Gasteiger partial charge < -0.3 is 16.4 Å². The molecule has 0 aliphatic carbocycles. The van der Waals surface area contributed by atoms with Gasteiger partial charge in [-0.25, -0.2) is 0 Å². The van der Waals surface area contributed by atoms with Gasteiger partial charge in [0.2, 0.25) is 0 Å². The Bertz CT molecular complexity index is 527. The van der Waals surface area contributed by atoms with Crippen molar-refractivity contribution in [2.45, 2.75) is 40.2 Å². The first-order chi connectivity index (χ1) is 9.73. The minimum absolute atomic E-state index is 0.0191. The molecule has 0 radical (unpaired) electrons. The third-order valence-electron chi connectivity index (χ3n) is 3.04. The number of benzene rings is 1. The molecule has 0 aliphatic heterocycles. The smallest absolute Gasteiger partial charge is 0.189 e. The number of rotatable bonds is 6. The molecule has 0 spiro atoms. The minimum atomic E-state index is -0.128. The van der Waals surface area contributed by atoms with Crippen LogP contribution in [0.4, 0.5) is 0 Å². The number of aryl methyl sites for hydroxylation is 2. The van der Waals surface area contributed by atoms with E-state index >= 15 is 0 Å². The maximum atomic E-state index is 12.4. The summed E-state index contributed by atoms with van der Waals surface area (Å²) in [5, 5.41) is 6.45. The minimum Gasteiger partial charge on any atom is -0.371 e. The number of nitrogens with two attached hydrogens (primary N) is 1. The summed E-state index contributed by atoms with van der Waals surface area (Å²) >= 11 is 0. The summed E-state index contributed by atoms with van der Waals surface area (Å²) in [6.45, 7) is 11.3. The van der Waals surface area contributed by atoms with E-state index in [4.69, 9.17) is 5.73 Å². The molecule has 0 bridgehead atoms. The van der Waals surface area contributed by atoms with Gasteiger partial charge in [-0.1, -0.05) is 12.1 Å².